The van der Waals surface area contributed by atoms with Crippen molar-refractivity contribution < 1.29 is 4.79 Å². The van der Waals surface area contributed by atoms with Gasteiger partial charge in [-0.1, -0.05) is 49.6 Å². The Hall–Kier alpha value is -2.96. The number of benzene rings is 1. The fourth-order valence-electron chi connectivity index (χ4n) is 3.85. The lowest BCUT2D eigenvalue weighted by atomic mass is 9.89. The molecule has 146 valence electrons. The van der Waals surface area contributed by atoms with Crippen LogP contribution in [0.15, 0.2) is 47.7 Å². The van der Waals surface area contributed by atoms with E-state index < -0.39 is 0 Å². The van der Waals surface area contributed by atoms with Crippen LogP contribution in [0.2, 0.25) is 0 Å². The molecule has 0 spiro atoms. The molecule has 0 bridgehead atoms. The molecular formula is C21H25N5O2. The van der Waals surface area contributed by atoms with E-state index in [2.05, 4.69) is 15.4 Å². The maximum absolute atomic E-state index is 12.7. The Morgan fingerprint density at radius 2 is 1.93 bits per heavy atom. The number of fused-ring (bicyclic) bond motifs is 1. The van der Waals surface area contributed by atoms with E-state index >= 15 is 0 Å². The molecule has 0 saturated heterocycles. The molecular weight excluding hydrogens is 354 g/mol. The van der Waals surface area contributed by atoms with E-state index in [9.17, 15) is 9.59 Å². The molecule has 4 rings (SSSR count). The van der Waals surface area contributed by atoms with Crippen LogP contribution in [0, 0.1) is 5.92 Å². The maximum atomic E-state index is 12.7. The number of carbonyl (C=O) groups excluding carboxylic acids is 1. The highest BCUT2D eigenvalue weighted by atomic mass is 16.2. The van der Waals surface area contributed by atoms with Crippen molar-refractivity contribution in [1.82, 2.24) is 24.6 Å². The monoisotopic (exact) mass is 379 g/mol. The third kappa shape index (κ3) is 3.98. The van der Waals surface area contributed by atoms with Crippen molar-refractivity contribution in [2.45, 2.75) is 45.2 Å². The zero-order chi connectivity index (χ0) is 19.3. The van der Waals surface area contributed by atoms with E-state index in [0.717, 1.165) is 31.2 Å². The molecule has 0 radical (unpaired) electrons. The molecule has 2 heterocycles. The molecule has 0 aliphatic heterocycles. The summed E-state index contributed by atoms with van der Waals surface area (Å²) < 4.78 is 3.28. The number of nitrogens with zero attached hydrogens (tertiary/aromatic N) is 4. The van der Waals surface area contributed by atoms with Crippen molar-refractivity contribution in [2.24, 2.45) is 5.92 Å². The van der Waals surface area contributed by atoms with Crippen LogP contribution in [0.1, 0.15) is 37.7 Å². The van der Waals surface area contributed by atoms with Crippen LogP contribution >= 0.6 is 0 Å². The smallest absolute Gasteiger partial charge is 0.264 e. The third-order valence-corrected chi connectivity index (χ3v) is 5.42. The van der Waals surface area contributed by atoms with Gasteiger partial charge < -0.3 is 5.32 Å². The van der Waals surface area contributed by atoms with Gasteiger partial charge in [-0.3, -0.25) is 14.2 Å². The standard InChI is InChI=1S/C21H25N5O2/c27-20(17-9-5-2-6-10-17)22-11-12-26-19-18(13-24-26)21(28)25(15-23-19)14-16-7-3-1-4-8-16/h1,3-4,7-8,13,15,17H,2,5-6,9-12,14H2,(H,22,27). The topological polar surface area (TPSA) is 81.8 Å². The molecule has 2 aromatic heterocycles. The predicted molar refractivity (Wildman–Crippen MR) is 107 cm³/mol. The highest BCUT2D eigenvalue weighted by molar-refractivity contribution is 5.78. The van der Waals surface area contributed by atoms with Gasteiger partial charge >= 0.3 is 0 Å². The van der Waals surface area contributed by atoms with Crippen molar-refractivity contribution in [3.05, 3.63) is 58.8 Å². The third-order valence-electron chi connectivity index (χ3n) is 5.42. The van der Waals surface area contributed by atoms with Crippen LogP contribution in [0.5, 0.6) is 0 Å². The van der Waals surface area contributed by atoms with Gasteiger partial charge in [0.05, 0.1) is 19.3 Å². The number of rotatable bonds is 6. The minimum absolute atomic E-state index is 0.105. The normalized spacial score (nSPS) is 15.0. The van der Waals surface area contributed by atoms with Gasteiger partial charge in [-0.05, 0) is 18.4 Å². The molecule has 1 aliphatic rings. The molecule has 1 aliphatic carbocycles. The number of nitrogens with one attached hydrogen (secondary N) is 1. The minimum atomic E-state index is -0.105. The van der Waals surface area contributed by atoms with Crippen LogP contribution in [0.25, 0.3) is 11.0 Å². The Morgan fingerprint density at radius 3 is 2.71 bits per heavy atom. The van der Waals surface area contributed by atoms with Gasteiger partial charge in [-0.15, -0.1) is 0 Å². The zero-order valence-electron chi connectivity index (χ0n) is 15.9. The number of hydrogen-bond donors (Lipinski definition) is 1. The van der Waals surface area contributed by atoms with E-state index in [1.54, 1.807) is 21.8 Å². The Balaban J connectivity index is 1.42. The second-order valence-corrected chi connectivity index (χ2v) is 7.39. The fraction of sp³-hybridized carbons (Fsp3) is 0.429. The first-order valence-corrected chi connectivity index (χ1v) is 9.95. The van der Waals surface area contributed by atoms with Crippen LogP contribution in [0.4, 0.5) is 0 Å². The van der Waals surface area contributed by atoms with Gasteiger partial charge in [0.25, 0.3) is 5.56 Å². The largest absolute Gasteiger partial charge is 0.354 e. The van der Waals surface area contributed by atoms with E-state index in [-0.39, 0.29) is 17.4 Å². The van der Waals surface area contributed by atoms with E-state index in [1.807, 2.05) is 30.3 Å². The number of amides is 1. The molecule has 1 aromatic carbocycles. The summed E-state index contributed by atoms with van der Waals surface area (Å²) in [4.78, 5) is 29.4. The van der Waals surface area contributed by atoms with Crippen molar-refractivity contribution in [3.63, 3.8) is 0 Å². The number of aromatic nitrogens is 4. The lowest BCUT2D eigenvalue weighted by Gasteiger charge is -2.20. The summed E-state index contributed by atoms with van der Waals surface area (Å²) in [6.07, 6.45) is 8.61. The molecule has 0 unspecified atom stereocenters. The Morgan fingerprint density at radius 1 is 1.14 bits per heavy atom. The number of hydrogen-bond acceptors (Lipinski definition) is 4. The Labute approximate surface area is 163 Å². The van der Waals surface area contributed by atoms with Gasteiger partial charge in [0, 0.05) is 12.5 Å². The summed E-state index contributed by atoms with van der Waals surface area (Å²) in [5, 5.41) is 7.80. The highest BCUT2D eigenvalue weighted by Gasteiger charge is 2.20. The highest BCUT2D eigenvalue weighted by Crippen LogP contribution is 2.23. The van der Waals surface area contributed by atoms with Gasteiger partial charge in [0.2, 0.25) is 5.91 Å². The van der Waals surface area contributed by atoms with Gasteiger partial charge in [-0.2, -0.15) is 5.10 Å². The molecule has 7 nitrogen and oxygen atoms in total. The molecule has 0 atom stereocenters. The lowest BCUT2D eigenvalue weighted by Crippen LogP contribution is -2.34. The van der Waals surface area contributed by atoms with E-state index in [4.69, 9.17) is 0 Å². The summed E-state index contributed by atoms with van der Waals surface area (Å²) in [5.74, 6) is 0.278. The average Bonchev–Trinajstić information content (AvgIpc) is 3.15. The molecule has 1 saturated carbocycles. The molecule has 1 amide bonds. The van der Waals surface area contributed by atoms with E-state index in [1.165, 1.54) is 6.42 Å². The van der Waals surface area contributed by atoms with Crippen LogP contribution in [-0.4, -0.2) is 31.8 Å². The van der Waals surface area contributed by atoms with Crippen LogP contribution < -0.4 is 10.9 Å². The minimum Gasteiger partial charge on any atom is -0.354 e. The first-order valence-electron chi connectivity index (χ1n) is 9.95. The summed E-state index contributed by atoms with van der Waals surface area (Å²) in [6, 6.07) is 9.81. The SMILES string of the molecule is O=C(NCCn1ncc2c(=O)n(Cc3ccccc3)cnc21)C1CCCCC1. The summed E-state index contributed by atoms with van der Waals surface area (Å²) >= 11 is 0. The van der Waals surface area contributed by atoms with Crippen molar-refractivity contribution in [3.8, 4) is 0 Å². The van der Waals surface area contributed by atoms with Crippen molar-refractivity contribution in [2.75, 3.05) is 6.54 Å². The van der Waals surface area contributed by atoms with Crippen molar-refractivity contribution in [1.29, 1.82) is 0 Å². The molecule has 1 fully saturated rings. The number of carbonyl (C=O) groups is 1. The molecule has 3 aromatic rings. The van der Waals surface area contributed by atoms with Crippen LogP contribution in [0.3, 0.4) is 0 Å². The second kappa shape index (κ2) is 8.37. The summed E-state index contributed by atoms with van der Waals surface area (Å²) in [5.41, 5.74) is 1.50. The summed E-state index contributed by atoms with van der Waals surface area (Å²) in [7, 11) is 0. The van der Waals surface area contributed by atoms with Gasteiger partial charge in [-0.25, -0.2) is 9.67 Å². The van der Waals surface area contributed by atoms with Gasteiger partial charge in [0.1, 0.15) is 11.7 Å². The quantitative estimate of drug-likeness (QED) is 0.713. The summed E-state index contributed by atoms with van der Waals surface area (Å²) in [6.45, 7) is 1.46. The molecule has 7 heteroatoms. The molecule has 1 N–H and O–H groups in total. The van der Waals surface area contributed by atoms with Crippen LogP contribution in [-0.2, 0) is 17.9 Å². The first kappa shape index (κ1) is 18.4. The lowest BCUT2D eigenvalue weighted by molar-refractivity contribution is -0.125. The maximum Gasteiger partial charge on any atom is 0.264 e. The predicted octanol–water partition coefficient (Wildman–Crippen LogP) is 2.34. The van der Waals surface area contributed by atoms with Gasteiger partial charge in [0.15, 0.2) is 5.65 Å². The van der Waals surface area contributed by atoms with E-state index in [0.29, 0.717) is 30.7 Å². The van der Waals surface area contributed by atoms with Crippen molar-refractivity contribution >= 4 is 16.9 Å². The second-order valence-electron chi connectivity index (χ2n) is 7.39. The molecule has 28 heavy (non-hydrogen) atoms. The Bertz CT molecular complexity index is 1000. The first-order chi connectivity index (χ1) is 13.7. The average molecular weight is 379 g/mol. The fourth-order valence-corrected chi connectivity index (χ4v) is 3.85. The Kier molecular flexibility index (Phi) is 5.50. The zero-order valence-corrected chi connectivity index (χ0v) is 15.9.